The molecule has 3 rings (SSSR count). The number of nitrogen functional groups attached to an aromatic ring is 1. The number of carbonyl (C=O) groups excluding carboxylic acids is 2. The van der Waals surface area contributed by atoms with Gasteiger partial charge in [-0.3, -0.25) is 14.1 Å². The van der Waals surface area contributed by atoms with Gasteiger partial charge < -0.3 is 27.1 Å². The molecule has 1 saturated heterocycles. The summed E-state index contributed by atoms with van der Waals surface area (Å²) in [5, 5.41) is 18.4. The number of aliphatic imine (C=N–C) groups is 1. The zero-order valence-electron chi connectivity index (χ0n) is 20.0. The summed E-state index contributed by atoms with van der Waals surface area (Å²) >= 11 is 0.971. The lowest BCUT2D eigenvalue weighted by atomic mass is 9.84. The molecule has 0 saturated carbocycles. The Morgan fingerprint density at radius 2 is 2.00 bits per heavy atom. The Kier molecular flexibility index (Phi) is 7.98. The molecule has 20 heteroatoms. The number of carbonyl (C=O) groups is 3. The third-order valence-corrected chi connectivity index (χ3v) is 6.94. The standard InChI is InChI=1S/C18H24N10O8S2/c1-18(2,15(31)32)36-26-13(9-6-37-17(21)25-9)11(29)3-8-10(28(14(8)30)38(33,34)35)5-27-12(23-7-24-27)4-22-16(19)20/h6-8,10H,3-5H2,1-2H3,(H2,21,25)(H,31,32)(H4,19,20,22)(H,33,34,35)/b26-13-/t8-,10+/m0/s1. The van der Waals surface area contributed by atoms with Gasteiger partial charge in [-0.15, -0.1) is 11.3 Å². The van der Waals surface area contributed by atoms with Gasteiger partial charge in [0.15, 0.2) is 22.6 Å². The summed E-state index contributed by atoms with van der Waals surface area (Å²) in [7, 11) is -4.99. The highest BCUT2D eigenvalue weighted by molar-refractivity contribution is 7.84. The molecule has 0 bridgehead atoms. The Morgan fingerprint density at radius 3 is 2.55 bits per heavy atom. The van der Waals surface area contributed by atoms with Gasteiger partial charge in [0.05, 0.1) is 18.5 Å². The molecule has 2 aromatic rings. The third-order valence-electron chi connectivity index (χ3n) is 5.32. The number of aliphatic carboxylic acids is 1. The predicted octanol–water partition coefficient (Wildman–Crippen LogP) is -2.04. The minimum absolute atomic E-state index is 0.0376. The molecule has 1 aliphatic rings. The van der Waals surface area contributed by atoms with Gasteiger partial charge in [0.25, 0.3) is 0 Å². The summed E-state index contributed by atoms with van der Waals surface area (Å²) < 4.78 is 34.8. The van der Waals surface area contributed by atoms with Crippen LogP contribution in [0.3, 0.4) is 0 Å². The number of amides is 1. The van der Waals surface area contributed by atoms with Gasteiger partial charge in [-0.05, 0) is 13.8 Å². The van der Waals surface area contributed by atoms with Crippen LogP contribution in [-0.2, 0) is 42.6 Å². The lowest BCUT2D eigenvalue weighted by Crippen LogP contribution is -2.64. The van der Waals surface area contributed by atoms with Gasteiger partial charge in [-0.1, -0.05) is 5.16 Å². The van der Waals surface area contributed by atoms with Crippen molar-refractivity contribution in [3.8, 4) is 0 Å². The SMILES string of the molecule is CC(C)(O/N=C(\C(=O)C[C@@H]1C(=O)N(S(=O)(=O)O)[C@@H]1Cn1ncnc1CN=C(N)N)c1csc(N)n1)C(=O)O. The first-order chi connectivity index (χ1) is 17.6. The molecule has 0 aliphatic carbocycles. The van der Waals surface area contributed by atoms with E-state index < -0.39 is 57.7 Å². The molecule has 1 fully saturated rings. The monoisotopic (exact) mass is 572 g/mol. The molecule has 18 nitrogen and oxygen atoms in total. The van der Waals surface area contributed by atoms with Crippen LogP contribution in [-0.4, -0.2) is 83.1 Å². The molecule has 2 aromatic heterocycles. The normalized spacial score (nSPS) is 18.1. The highest BCUT2D eigenvalue weighted by atomic mass is 32.2. The number of guanidine groups is 1. The van der Waals surface area contributed by atoms with Gasteiger partial charge in [-0.25, -0.2) is 28.7 Å². The van der Waals surface area contributed by atoms with E-state index in [2.05, 4.69) is 25.2 Å². The van der Waals surface area contributed by atoms with Crippen molar-refractivity contribution < 1.29 is 37.3 Å². The third kappa shape index (κ3) is 6.20. The van der Waals surface area contributed by atoms with Crippen LogP contribution in [0.4, 0.5) is 5.13 Å². The van der Waals surface area contributed by atoms with Gasteiger partial charge in [0, 0.05) is 11.8 Å². The Morgan fingerprint density at radius 1 is 1.32 bits per heavy atom. The minimum atomic E-state index is -4.99. The fraction of sp³-hybridized carbons (Fsp3) is 0.444. The largest absolute Gasteiger partial charge is 0.478 e. The summed E-state index contributed by atoms with van der Waals surface area (Å²) in [6.07, 6.45) is 0.551. The maximum atomic E-state index is 13.2. The molecule has 0 spiro atoms. The summed E-state index contributed by atoms with van der Waals surface area (Å²) in [5.41, 5.74) is 14.0. The molecular weight excluding hydrogens is 548 g/mol. The summed E-state index contributed by atoms with van der Waals surface area (Å²) in [6, 6.07) is -1.25. The number of aromatic nitrogens is 4. The minimum Gasteiger partial charge on any atom is -0.478 e. The number of nitrogens with two attached hydrogens (primary N) is 3. The molecule has 8 N–H and O–H groups in total. The summed E-state index contributed by atoms with van der Waals surface area (Å²) in [6.45, 7) is 1.99. The smallest absolute Gasteiger partial charge is 0.362 e. The summed E-state index contributed by atoms with van der Waals surface area (Å²) in [4.78, 5) is 54.1. The maximum Gasteiger partial charge on any atom is 0.362 e. The number of hydrogen-bond donors (Lipinski definition) is 5. The number of ketones is 1. The van der Waals surface area contributed by atoms with Crippen molar-refractivity contribution in [2.24, 2.45) is 27.5 Å². The van der Waals surface area contributed by atoms with Crippen LogP contribution in [0, 0.1) is 5.92 Å². The van der Waals surface area contributed by atoms with Crippen LogP contribution in [0.25, 0.3) is 0 Å². The van der Waals surface area contributed by atoms with Crippen molar-refractivity contribution in [3.63, 3.8) is 0 Å². The maximum absolute atomic E-state index is 13.2. The number of hydrogen-bond acceptors (Lipinski definition) is 13. The van der Waals surface area contributed by atoms with Crippen LogP contribution in [0.5, 0.6) is 0 Å². The van der Waals surface area contributed by atoms with E-state index in [1.54, 1.807) is 0 Å². The van der Waals surface area contributed by atoms with E-state index in [0.717, 1.165) is 17.7 Å². The summed E-state index contributed by atoms with van der Waals surface area (Å²) in [5.74, 6) is -4.52. The lowest BCUT2D eigenvalue weighted by Gasteiger charge is -2.43. The van der Waals surface area contributed by atoms with Crippen LogP contribution < -0.4 is 17.2 Å². The first kappa shape index (κ1) is 28.4. The van der Waals surface area contributed by atoms with E-state index in [0.29, 0.717) is 0 Å². The second kappa shape index (κ2) is 10.7. The highest BCUT2D eigenvalue weighted by Gasteiger charge is 2.54. The number of rotatable bonds is 12. The Hall–Kier alpha value is -4.17. The Balaban J connectivity index is 1.90. The average molecular weight is 573 g/mol. The van der Waals surface area contributed by atoms with Crippen molar-refractivity contribution in [2.45, 2.75) is 45.0 Å². The fourth-order valence-corrected chi connectivity index (χ4v) is 4.78. The molecule has 206 valence electrons. The van der Waals surface area contributed by atoms with E-state index in [4.69, 9.17) is 22.0 Å². The first-order valence-corrected chi connectivity index (χ1v) is 12.9. The number of β-lactam (4-membered cyclic amide) rings is 1. The average Bonchev–Trinajstić information content (AvgIpc) is 3.43. The molecule has 0 radical (unpaired) electrons. The molecule has 0 aromatic carbocycles. The van der Waals surface area contributed by atoms with Gasteiger partial charge in [0.2, 0.25) is 11.5 Å². The number of Topliss-reactive ketones (excluding diaryl/α,β-unsaturated/α-hetero) is 1. The zero-order valence-corrected chi connectivity index (χ0v) is 21.6. The van der Waals surface area contributed by atoms with E-state index in [9.17, 15) is 32.5 Å². The Bertz CT molecular complexity index is 1410. The topological polar surface area (TPSA) is 285 Å². The molecule has 38 heavy (non-hydrogen) atoms. The van der Waals surface area contributed by atoms with Gasteiger partial charge >= 0.3 is 16.3 Å². The van der Waals surface area contributed by atoms with Crippen LogP contribution in [0.1, 0.15) is 31.8 Å². The molecule has 3 heterocycles. The fourth-order valence-electron chi connectivity index (χ4n) is 3.32. The highest BCUT2D eigenvalue weighted by Crippen LogP contribution is 2.34. The van der Waals surface area contributed by atoms with Crippen molar-refractivity contribution in [3.05, 3.63) is 23.2 Å². The van der Waals surface area contributed by atoms with E-state index in [1.807, 2.05) is 0 Å². The number of carboxylic acids is 1. The molecule has 2 atom stereocenters. The number of oxime groups is 1. The zero-order chi connectivity index (χ0) is 28.4. The van der Waals surface area contributed by atoms with Gasteiger partial charge in [0.1, 0.15) is 24.4 Å². The van der Waals surface area contributed by atoms with Crippen LogP contribution >= 0.6 is 11.3 Å². The van der Waals surface area contributed by atoms with Gasteiger partial charge in [-0.2, -0.15) is 13.5 Å². The molecule has 1 amide bonds. The van der Waals surface area contributed by atoms with E-state index in [-0.39, 0.29) is 40.0 Å². The van der Waals surface area contributed by atoms with Crippen LogP contribution in [0.15, 0.2) is 21.9 Å². The first-order valence-electron chi connectivity index (χ1n) is 10.6. The second-order valence-corrected chi connectivity index (χ2v) is 10.6. The van der Waals surface area contributed by atoms with Crippen molar-refractivity contribution in [2.75, 3.05) is 5.73 Å². The molecule has 0 unspecified atom stereocenters. The van der Waals surface area contributed by atoms with Crippen molar-refractivity contribution in [1.29, 1.82) is 0 Å². The van der Waals surface area contributed by atoms with E-state index in [1.165, 1.54) is 23.9 Å². The number of nitrogens with zero attached hydrogens (tertiary/aromatic N) is 7. The number of carboxylic acid groups (broad SMARTS) is 1. The molecular formula is C18H24N10O8S2. The molecule has 1 aliphatic heterocycles. The van der Waals surface area contributed by atoms with E-state index >= 15 is 0 Å². The van der Waals surface area contributed by atoms with Crippen molar-refractivity contribution in [1.82, 2.24) is 24.1 Å². The quantitative estimate of drug-likeness (QED) is 0.0602. The van der Waals surface area contributed by atoms with Crippen LogP contribution in [0.2, 0.25) is 0 Å². The second-order valence-electron chi connectivity index (χ2n) is 8.43. The number of anilines is 1. The van der Waals surface area contributed by atoms with Crippen molar-refractivity contribution >= 4 is 56.1 Å². The number of thiazole rings is 1. The Labute approximate surface area is 219 Å². The predicted molar refractivity (Wildman–Crippen MR) is 131 cm³/mol. The lowest BCUT2D eigenvalue weighted by molar-refractivity contribution is -0.161.